The Labute approximate surface area is 97.2 Å². The van der Waals surface area contributed by atoms with E-state index in [0.29, 0.717) is 6.42 Å². The number of carbonyl (C=O) groups is 2. The summed E-state index contributed by atoms with van der Waals surface area (Å²) >= 11 is 0. The van der Waals surface area contributed by atoms with Crippen molar-refractivity contribution in [1.29, 1.82) is 0 Å². The summed E-state index contributed by atoms with van der Waals surface area (Å²) in [4.78, 5) is 24.0. The van der Waals surface area contributed by atoms with Gasteiger partial charge < -0.3 is 10.6 Å². The molecule has 1 saturated heterocycles. The molecular weight excluding hydrogens is 204 g/mol. The average molecular weight is 226 g/mol. The molecular formula is C12H22N2O2. The van der Waals surface area contributed by atoms with Crippen molar-refractivity contribution in [1.82, 2.24) is 4.90 Å². The molecule has 1 fully saturated rings. The van der Waals surface area contributed by atoms with Gasteiger partial charge >= 0.3 is 0 Å². The second kappa shape index (κ2) is 6.51. The van der Waals surface area contributed by atoms with E-state index in [1.54, 1.807) is 4.90 Å². The maximum Gasteiger partial charge on any atom is 0.237 e. The Hall–Kier alpha value is -1.06. The first-order chi connectivity index (χ1) is 7.65. The van der Waals surface area contributed by atoms with Gasteiger partial charge in [-0.05, 0) is 12.8 Å². The zero-order valence-corrected chi connectivity index (χ0v) is 10.1. The van der Waals surface area contributed by atoms with Gasteiger partial charge in [0.1, 0.15) is 0 Å². The van der Waals surface area contributed by atoms with E-state index in [1.807, 2.05) is 0 Å². The van der Waals surface area contributed by atoms with E-state index in [1.165, 1.54) is 19.3 Å². The predicted molar refractivity (Wildman–Crippen MR) is 62.7 cm³/mol. The molecule has 1 aliphatic heterocycles. The van der Waals surface area contributed by atoms with E-state index in [0.717, 1.165) is 19.3 Å². The topological polar surface area (TPSA) is 63.4 Å². The van der Waals surface area contributed by atoms with Crippen molar-refractivity contribution in [2.24, 2.45) is 5.73 Å². The maximum absolute atomic E-state index is 11.5. The maximum atomic E-state index is 11.5. The molecule has 1 rings (SSSR count). The monoisotopic (exact) mass is 226 g/mol. The molecule has 1 heterocycles. The van der Waals surface area contributed by atoms with Crippen molar-refractivity contribution in [3.8, 4) is 0 Å². The molecule has 16 heavy (non-hydrogen) atoms. The molecule has 4 heteroatoms. The Morgan fingerprint density at radius 3 is 2.81 bits per heavy atom. The Balaban J connectivity index is 2.33. The molecule has 0 aromatic carbocycles. The van der Waals surface area contributed by atoms with Gasteiger partial charge in [0.25, 0.3) is 0 Å². The Morgan fingerprint density at radius 1 is 1.44 bits per heavy atom. The number of hydrogen-bond donors (Lipinski definition) is 1. The minimum absolute atomic E-state index is 0.0827. The quantitative estimate of drug-likeness (QED) is 0.667. The predicted octanol–water partition coefficient (Wildman–Crippen LogP) is 1.43. The lowest BCUT2D eigenvalue weighted by Gasteiger charge is -2.23. The summed E-state index contributed by atoms with van der Waals surface area (Å²) in [7, 11) is 0. The highest BCUT2D eigenvalue weighted by molar-refractivity contribution is 5.85. The number of rotatable bonds is 7. The fraction of sp³-hybridized carbons (Fsp3) is 0.833. The number of nitrogens with two attached hydrogens (primary N) is 1. The number of hydrogen-bond acceptors (Lipinski definition) is 2. The summed E-state index contributed by atoms with van der Waals surface area (Å²) in [6, 6.07) is 0.247. The minimum Gasteiger partial charge on any atom is -0.368 e. The molecule has 0 saturated carbocycles. The highest BCUT2D eigenvalue weighted by Gasteiger charge is 2.30. The zero-order chi connectivity index (χ0) is 12.0. The molecule has 0 spiro atoms. The van der Waals surface area contributed by atoms with Crippen LogP contribution in [0.25, 0.3) is 0 Å². The number of carbonyl (C=O) groups excluding carboxylic acids is 2. The van der Waals surface area contributed by atoms with E-state index >= 15 is 0 Å². The lowest BCUT2D eigenvalue weighted by atomic mass is 10.1. The molecule has 1 aliphatic rings. The van der Waals surface area contributed by atoms with Crippen LogP contribution in [-0.2, 0) is 9.59 Å². The van der Waals surface area contributed by atoms with Gasteiger partial charge in [0, 0.05) is 12.5 Å². The van der Waals surface area contributed by atoms with Crippen molar-refractivity contribution < 1.29 is 9.59 Å². The highest BCUT2D eigenvalue weighted by atomic mass is 16.2. The highest BCUT2D eigenvalue weighted by Crippen LogP contribution is 2.23. The summed E-state index contributed by atoms with van der Waals surface area (Å²) in [5.74, 6) is -0.326. The molecule has 0 radical (unpaired) electrons. The Morgan fingerprint density at radius 2 is 2.19 bits per heavy atom. The number of nitrogens with zero attached hydrogens (tertiary/aromatic N) is 1. The standard InChI is InChI=1S/C12H22N2O2/c1-2-3-4-5-6-10-7-8-12(16)14(10)9-11(13)15/h10H,2-9H2,1H3,(H2,13,15). The van der Waals surface area contributed by atoms with E-state index in [-0.39, 0.29) is 18.5 Å². The Kier molecular flexibility index (Phi) is 5.29. The van der Waals surface area contributed by atoms with Crippen LogP contribution in [0.3, 0.4) is 0 Å². The van der Waals surface area contributed by atoms with Gasteiger partial charge in [0.05, 0.1) is 6.54 Å². The van der Waals surface area contributed by atoms with Crippen LogP contribution in [0.2, 0.25) is 0 Å². The van der Waals surface area contributed by atoms with Crippen LogP contribution < -0.4 is 5.73 Å². The van der Waals surface area contributed by atoms with Crippen LogP contribution in [0, 0.1) is 0 Å². The van der Waals surface area contributed by atoms with Crippen LogP contribution in [0.15, 0.2) is 0 Å². The number of primary amides is 1. The molecule has 0 bridgehead atoms. The van der Waals surface area contributed by atoms with Gasteiger partial charge in [-0.2, -0.15) is 0 Å². The summed E-state index contributed by atoms with van der Waals surface area (Å²) in [5, 5.41) is 0. The van der Waals surface area contributed by atoms with Crippen molar-refractivity contribution in [2.75, 3.05) is 6.54 Å². The van der Waals surface area contributed by atoms with Gasteiger partial charge in [-0.25, -0.2) is 0 Å². The van der Waals surface area contributed by atoms with Gasteiger partial charge in [-0.15, -0.1) is 0 Å². The van der Waals surface area contributed by atoms with Crippen LogP contribution in [-0.4, -0.2) is 29.3 Å². The molecule has 0 aliphatic carbocycles. The second-order valence-corrected chi connectivity index (χ2v) is 4.53. The van der Waals surface area contributed by atoms with Crippen molar-refractivity contribution >= 4 is 11.8 Å². The number of unbranched alkanes of at least 4 members (excludes halogenated alkanes) is 3. The van der Waals surface area contributed by atoms with Crippen LogP contribution in [0.4, 0.5) is 0 Å². The first-order valence-corrected chi connectivity index (χ1v) is 6.23. The number of likely N-dealkylation sites (tertiary alicyclic amines) is 1. The van der Waals surface area contributed by atoms with E-state index in [4.69, 9.17) is 5.73 Å². The summed E-state index contributed by atoms with van der Waals surface area (Å²) in [5.41, 5.74) is 5.14. The molecule has 2 N–H and O–H groups in total. The lowest BCUT2D eigenvalue weighted by molar-refractivity contribution is -0.133. The number of amides is 2. The third kappa shape index (κ3) is 3.83. The zero-order valence-electron chi connectivity index (χ0n) is 10.1. The van der Waals surface area contributed by atoms with Crippen molar-refractivity contribution in [2.45, 2.75) is 57.9 Å². The SMILES string of the molecule is CCCCCCC1CCC(=O)N1CC(N)=O. The largest absolute Gasteiger partial charge is 0.368 e. The molecule has 1 atom stereocenters. The molecule has 1 unspecified atom stereocenters. The fourth-order valence-corrected chi connectivity index (χ4v) is 2.29. The summed E-state index contributed by atoms with van der Waals surface area (Å²) in [6.07, 6.45) is 7.29. The summed E-state index contributed by atoms with van der Waals surface area (Å²) in [6.45, 7) is 2.27. The molecule has 0 aromatic heterocycles. The normalized spacial score (nSPS) is 20.4. The summed E-state index contributed by atoms with van der Waals surface area (Å²) < 4.78 is 0. The minimum atomic E-state index is -0.409. The van der Waals surface area contributed by atoms with Gasteiger partial charge in [-0.3, -0.25) is 9.59 Å². The van der Waals surface area contributed by atoms with Crippen LogP contribution >= 0.6 is 0 Å². The van der Waals surface area contributed by atoms with Gasteiger partial charge in [-0.1, -0.05) is 32.6 Å². The fourth-order valence-electron chi connectivity index (χ4n) is 2.29. The molecule has 2 amide bonds. The smallest absolute Gasteiger partial charge is 0.237 e. The Bertz CT molecular complexity index is 253. The molecule has 92 valence electrons. The van der Waals surface area contributed by atoms with Crippen molar-refractivity contribution in [3.05, 3.63) is 0 Å². The third-order valence-electron chi connectivity index (χ3n) is 3.17. The van der Waals surface area contributed by atoms with Crippen molar-refractivity contribution in [3.63, 3.8) is 0 Å². The van der Waals surface area contributed by atoms with Crippen LogP contribution in [0.1, 0.15) is 51.9 Å². The van der Waals surface area contributed by atoms with E-state index in [2.05, 4.69) is 6.92 Å². The lowest BCUT2D eigenvalue weighted by Crippen LogP contribution is -2.39. The first kappa shape index (κ1) is 13.0. The first-order valence-electron chi connectivity index (χ1n) is 6.23. The second-order valence-electron chi connectivity index (χ2n) is 4.53. The third-order valence-corrected chi connectivity index (χ3v) is 3.17. The van der Waals surface area contributed by atoms with E-state index in [9.17, 15) is 9.59 Å². The molecule has 0 aromatic rings. The van der Waals surface area contributed by atoms with E-state index < -0.39 is 5.91 Å². The van der Waals surface area contributed by atoms with Crippen LogP contribution in [0.5, 0.6) is 0 Å². The molecule has 4 nitrogen and oxygen atoms in total. The van der Waals surface area contributed by atoms with Gasteiger partial charge in [0.15, 0.2) is 0 Å². The van der Waals surface area contributed by atoms with Gasteiger partial charge in [0.2, 0.25) is 11.8 Å². The average Bonchev–Trinajstić information content (AvgIpc) is 2.56.